The number of amides is 3. The zero-order valence-electron chi connectivity index (χ0n) is 17.8. The van der Waals surface area contributed by atoms with E-state index in [0.717, 1.165) is 37.1 Å². The van der Waals surface area contributed by atoms with Gasteiger partial charge in [0.2, 0.25) is 0 Å². The molecule has 2 aliphatic rings. The summed E-state index contributed by atoms with van der Waals surface area (Å²) in [5.74, 6) is -0.843. The van der Waals surface area contributed by atoms with E-state index < -0.39 is 11.8 Å². The highest BCUT2D eigenvalue weighted by Crippen LogP contribution is 2.17. The third-order valence-electron chi connectivity index (χ3n) is 6.08. The van der Waals surface area contributed by atoms with Crippen LogP contribution >= 0.6 is 0 Å². The van der Waals surface area contributed by atoms with Crippen LogP contribution in [0.2, 0.25) is 0 Å². The number of rotatable bonds is 5. The number of piperazine rings is 1. The summed E-state index contributed by atoms with van der Waals surface area (Å²) >= 11 is 0. The fourth-order valence-corrected chi connectivity index (χ4v) is 4.25. The van der Waals surface area contributed by atoms with Gasteiger partial charge in [0.15, 0.2) is 0 Å². The first-order chi connectivity index (χ1) is 15.1. The molecule has 2 heterocycles. The van der Waals surface area contributed by atoms with Gasteiger partial charge < -0.3 is 14.7 Å². The SMILES string of the molecule is O=C1C(=O)N(Cc2ccc(C(=O)N3CCCCCC3)cc2)CCN1Cc1ccccc1. The molecular weight excluding hydrogens is 390 g/mol. The van der Waals surface area contributed by atoms with Crippen molar-refractivity contribution < 1.29 is 14.4 Å². The van der Waals surface area contributed by atoms with Gasteiger partial charge in [-0.1, -0.05) is 55.3 Å². The van der Waals surface area contributed by atoms with E-state index in [9.17, 15) is 14.4 Å². The number of carbonyl (C=O) groups is 3. The Balaban J connectivity index is 1.34. The highest BCUT2D eigenvalue weighted by Gasteiger charge is 2.32. The van der Waals surface area contributed by atoms with Gasteiger partial charge in [0.25, 0.3) is 5.91 Å². The Morgan fingerprint density at radius 3 is 1.71 bits per heavy atom. The number of carbonyl (C=O) groups excluding carboxylic acids is 3. The summed E-state index contributed by atoms with van der Waals surface area (Å²) in [6, 6.07) is 17.1. The molecule has 0 atom stereocenters. The van der Waals surface area contributed by atoms with E-state index in [0.29, 0.717) is 31.7 Å². The predicted octanol–water partition coefficient (Wildman–Crippen LogP) is 3.07. The molecule has 31 heavy (non-hydrogen) atoms. The second-order valence-electron chi connectivity index (χ2n) is 8.34. The fourth-order valence-electron chi connectivity index (χ4n) is 4.25. The van der Waals surface area contributed by atoms with Gasteiger partial charge in [-0.2, -0.15) is 0 Å². The Morgan fingerprint density at radius 1 is 0.645 bits per heavy atom. The molecule has 2 fully saturated rings. The summed E-state index contributed by atoms with van der Waals surface area (Å²) in [5, 5.41) is 0. The zero-order chi connectivity index (χ0) is 21.6. The molecular formula is C25H29N3O3. The van der Waals surface area contributed by atoms with Gasteiger partial charge in [0, 0.05) is 44.8 Å². The van der Waals surface area contributed by atoms with Crippen LogP contribution in [0.4, 0.5) is 0 Å². The first-order valence-electron chi connectivity index (χ1n) is 11.1. The molecule has 3 amide bonds. The maximum atomic E-state index is 12.7. The molecule has 0 unspecified atom stereocenters. The summed E-state index contributed by atoms with van der Waals surface area (Å²) in [7, 11) is 0. The second-order valence-corrected chi connectivity index (χ2v) is 8.34. The Bertz CT molecular complexity index is 919. The van der Waals surface area contributed by atoms with E-state index in [4.69, 9.17) is 0 Å². The Morgan fingerprint density at radius 2 is 1.16 bits per heavy atom. The molecule has 0 radical (unpaired) electrons. The quantitative estimate of drug-likeness (QED) is 0.700. The van der Waals surface area contributed by atoms with E-state index in [-0.39, 0.29) is 5.91 Å². The van der Waals surface area contributed by atoms with Crippen molar-refractivity contribution in [1.29, 1.82) is 0 Å². The predicted molar refractivity (Wildman–Crippen MR) is 118 cm³/mol. The maximum Gasteiger partial charge on any atom is 0.312 e. The molecule has 0 aromatic heterocycles. The molecule has 2 aliphatic heterocycles. The van der Waals surface area contributed by atoms with Crippen molar-refractivity contribution in [3.8, 4) is 0 Å². The number of benzene rings is 2. The fraction of sp³-hybridized carbons (Fsp3) is 0.400. The van der Waals surface area contributed by atoms with Crippen LogP contribution in [0.1, 0.15) is 47.2 Å². The number of nitrogens with zero attached hydrogens (tertiary/aromatic N) is 3. The van der Waals surface area contributed by atoms with Crippen molar-refractivity contribution in [1.82, 2.24) is 14.7 Å². The second kappa shape index (κ2) is 9.77. The van der Waals surface area contributed by atoms with Crippen molar-refractivity contribution in [2.24, 2.45) is 0 Å². The molecule has 0 bridgehead atoms. The molecule has 2 saturated heterocycles. The minimum absolute atomic E-state index is 0.0780. The van der Waals surface area contributed by atoms with E-state index in [1.54, 1.807) is 9.80 Å². The largest absolute Gasteiger partial charge is 0.339 e. The number of likely N-dealkylation sites (tertiary alicyclic amines) is 1. The topological polar surface area (TPSA) is 60.9 Å². The molecule has 4 rings (SSSR count). The number of hydrogen-bond acceptors (Lipinski definition) is 3. The van der Waals surface area contributed by atoms with E-state index in [1.807, 2.05) is 59.5 Å². The lowest BCUT2D eigenvalue weighted by atomic mass is 10.1. The van der Waals surface area contributed by atoms with Crippen LogP contribution in [0.5, 0.6) is 0 Å². The van der Waals surface area contributed by atoms with Crippen molar-refractivity contribution >= 4 is 17.7 Å². The summed E-state index contributed by atoms with van der Waals surface area (Å²) in [4.78, 5) is 43.1. The molecule has 162 valence electrons. The third-order valence-corrected chi connectivity index (χ3v) is 6.08. The molecule has 6 heteroatoms. The highest BCUT2D eigenvalue weighted by molar-refractivity contribution is 6.35. The molecule has 0 N–H and O–H groups in total. The van der Waals surface area contributed by atoms with Gasteiger partial charge in [-0.3, -0.25) is 14.4 Å². The van der Waals surface area contributed by atoms with Gasteiger partial charge >= 0.3 is 11.8 Å². The summed E-state index contributed by atoms with van der Waals surface area (Å²) in [5.41, 5.74) is 2.62. The van der Waals surface area contributed by atoms with Crippen LogP contribution in [0.25, 0.3) is 0 Å². The number of hydrogen-bond donors (Lipinski definition) is 0. The van der Waals surface area contributed by atoms with Gasteiger partial charge in [-0.25, -0.2) is 0 Å². The molecule has 0 saturated carbocycles. The highest BCUT2D eigenvalue weighted by atomic mass is 16.2. The molecule has 2 aromatic rings. The van der Waals surface area contributed by atoms with E-state index in [1.165, 1.54) is 12.8 Å². The molecule has 6 nitrogen and oxygen atoms in total. The third kappa shape index (κ3) is 5.13. The molecule has 0 aliphatic carbocycles. The van der Waals surface area contributed by atoms with Crippen LogP contribution < -0.4 is 0 Å². The van der Waals surface area contributed by atoms with Crippen molar-refractivity contribution in [3.05, 3.63) is 71.3 Å². The van der Waals surface area contributed by atoms with Crippen molar-refractivity contribution in [2.45, 2.75) is 38.8 Å². The van der Waals surface area contributed by atoms with Gasteiger partial charge in [0.1, 0.15) is 0 Å². The average Bonchev–Trinajstić information content (AvgIpc) is 3.09. The summed E-state index contributed by atoms with van der Waals surface area (Å²) in [6.07, 6.45) is 4.51. The van der Waals surface area contributed by atoms with E-state index in [2.05, 4.69) is 0 Å². The van der Waals surface area contributed by atoms with Crippen LogP contribution in [0.15, 0.2) is 54.6 Å². The molecule has 2 aromatic carbocycles. The lowest BCUT2D eigenvalue weighted by molar-refractivity contribution is -0.156. The molecule has 0 spiro atoms. The van der Waals surface area contributed by atoms with Crippen LogP contribution in [-0.4, -0.2) is 58.6 Å². The van der Waals surface area contributed by atoms with Crippen molar-refractivity contribution in [3.63, 3.8) is 0 Å². The normalized spacial score (nSPS) is 17.6. The van der Waals surface area contributed by atoms with Crippen LogP contribution in [0.3, 0.4) is 0 Å². The lowest BCUT2D eigenvalue weighted by Crippen LogP contribution is -2.53. The first-order valence-corrected chi connectivity index (χ1v) is 11.1. The van der Waals surface area contributed by atoms with Crippen LogP contribution in [0, 0.1) is 0 Å². The zero-order valence-corrected chi connectivity index (χ0v) is 17.8. The minimum atomic E-state index is -0.466. The summed E-state index contributed by atoms with van der Waals surface area (Å²) < 4.78 is 0. The monoisotopic (exact) mass is 419 g/mol. The lowest BCUT2D eigenvalue weighted by Gasteiger charge is -2.34. The first kappa shape index (κ1) is 21.1. The smallest absolute Gasteiger partial charge is 0.312 e. The maximum absolute atomic E-state index is 12.7. The average molecular weight is 420 g/mol. The van der Waals surface area contributed by atoms with E-state index >= 15 is 0 Å². The van der Waals surface area contributed by atoms with Gasteiger partial charge in [-0.05, 0) is 36.1 Å². The van der Waals surface area contributed by atoms with Gasteiger partial charge in [0.05, 0.1) is 0 Å². The Labute approximate surface area is 183 Å². The van der Waals surface area contributed by atoms with Crippen LogP contribution in [-0.2, 0) is 22.7 Å². The minimum Gasteiger partial charge on any atom is -0.339 e. The summed E-state index contributed by atoms with van der Waals surface area (Å²) in [6.45, 7) is 3.50. The Kier molecular flexibility index (Phi) is 6.65. The Hall–Kier alpha value is -3.15. The van der Waals surface area contributed by atoms with Crippen molar-refractivity contribution in [2.75, 3.05) is 26.2 Å². The van der Waals surface area contributed by atoms with Gasteiger partial charge in [-0.15, -0.1) is 0 Å². The standard InChI is InChI=1S/C25H29N3O3/c29-23(26-14-6-1-2-7-15-26)22-12-10-21(11-13-22)19-28-17-16-27(24(30)25(28)31)18-20-8-4-3-5-9-20/h3-5,8-13H,1-2,6-7,14-19H2.